The number of nitro groups is 1. The number of rotatable bonds is 2. The first kappa shape index (κ1) is 15.9. The molecule has 2 saturated heterocycles. The van der Waals surface area contributed by atoms with Crippen LogP contribution in [-0.4, -0.2) is 53.7 Å². The lowest BCUT2D eigenvalue weighted by atomic mass is 9.88. The van der Waals surface area contributed by atoms with E-state index >= 15 is 0 Å². The van der Waals surface area contributed by atoms with E-state index in [1.54, 1.807) is 6.07 Å². The number of hydrogen-bond donors (Lipinski definition) is 0. The summed E-state index contributed by atoms with van der Waals surface area (Å²) >= 11 is 6.08. The van der Waals surface area contributed by atoms with Crippen molar-refractivity contribution in [1.82, 2.24) is 9.80 Å². The van der Waals surface area contributed by atoms with Crippen molar-refractivity contribution in [2.45, 2.75) is 25.0 Å². The zero-order valence-electron chi connectivity index (χ0n) is 13.6. The molecule has 0 N–H and O–H groups in total. The lowest BCUT2D eigenvalue weighted by Gasteiger charge is -2.49. The number of piperidine rings is 1. The Labute approximate surface area is 145 Å². The third-order valence-corrected chi connectivity index (χ3v) is 5.47. The molecule has 0 spiro atoms. The maximum atomic E-state index is 11.5. The van der Waals surface area contributed by atoms with Gasteiger partial charge in [0.05, 0.1) is 4.92 Å². The van der Waals surface area contributed by atoms with Crippen molar-refractivity contribution < 1.29 is 9.66 Å². The molecule has 1 unspecified atom stereocenters. The molecule has 3 heterocycles. The maximum absolute atomic E-state index is 11.5. The number of nitrogens with zero attached hydrogens (tertiary/aromatic N) is 3. The van der Waals surface area contributed by atoms with Crippen LogP contribution in [0, 0.1) is 10.1 Å². The molecular weight excluding hydrogens is 330 g/mol. The minimum absolute atomic E-state index is 0.0506. The van der Waals surface area contributed by atoms with Gasteiger partial charge in [-0.05, 0) is 32.0 Å². The van der Waals surface area contributed by atoms with Crippen LogP contribution in [0.4, 0.5) is 5.69 Å². The fourth-order valence-corrected chi connectivity index (χ4v) is 4.31. The first-order valence-corrected chi connectivity index (χ1v) is 8.69. The zero-order valence-corrected chi connectivity index (χ0v) is 14.4. The Kier molecular flexibility index (Phi) is 3.78. The summed E-state index contributed by atoms with van der Waals surface area (Å²) in [5.74, 6) is 0.351. The summed E-state index contributed by atoms with van der Waals surface area (Å²) in [6.45, 7) is 3.65. The highest BCUT2D eigenvalue weighted by Crippen LogP contribution is 2.47. The Morgan fingerprint density at radius 2 is 2.04 bits per heavy atom. The zero-order chi connectivity index (χ0) is 16.9. The standard InChI is InChI=1S/C17H20ClN3O3/c1-19-7-4-17(20-5-2-3-6-20)13(11-19)8-12-9-14(18)10-15(21(22)23)16(12)24-17/h8-10H,2-7,11H2,1H3. The minimum atomic E-state index is -0.547. The number of hydrogen-bond acceptors (Lipinski definition) is 5. The Morgan fingerprint density at radius 3 is 2.75 bits per heavy atom. The van der Waals surface area contributed by atoms with E-state index < -0.39 is 10.6 Å². The molecule has 0 saturated carbocycles. The van der Waals surface area contributed by atoms with Crippen LogP contribution in [0.1, 0.15) is 24.8 Å². The van der Waals surface area contributed by atoms with Gasteiger partial charge in [0.25, 0.3) is 0 Å². The van der Waals surface area contributed by atoms with Crippen LogP contribution in [-0.2, 0) is 0 Å². The van der Waals surface area contributed by atoms with Crippen molar-refractivity contribution in [1.29, 1.82) is 0 Å². The van der Waals surface area contributed by atoms with E-state index in [-0.39, 0.29) is 5.69 Å². The SMILES string of the molecule is CN1CCC2(N3CCCC3)Oc3c(cc(Cl)cc3[N+](=O)[O-])C=C2C1. The van der Waals surface area contributed by atoms with Gasteiger partial charge in [-0.3, -0.25) is 15.0 Å². The number of likely N-dealkylation sites (N-methyl/N-ethyl adjacent to an activating group) is 1. The maximum Gasteiger partial charge on any atom is 0.313 e. The second-order valence-corrected chi connectivity index (χ2v) is 7.27. The van der Waals surface area contributed by atoms with Crippen molar-refractivity contribution in [3.8, 4) is 5.75 Å². The Bertz CT molecular complexity index is 730. The van der Waals surface area contributed by atoms with Gasteiger partial charge < -0.3 is 9.64 Å². The quantitative estimate of drug-likeness (QED) is 0.606. The predicted octanol–water partition coefficient (Wildman–Crippen LogP) is 3.15. The number of fused-ring (bicyclic) bond motifs is 2. The van der Waals surface area contributed by atoms with E-state index in [4.69, 9.17) is 16.3 Å². The number of benzene rings is 1. The third-order valence-electron chi connectivity index (χ3n) is 5.25. The molecule has 0 radical (unpaired) electrons. The number of nitro benzene ring substituents is 1. The molecule has 3 aliphatic rings. The van der Waals surface area contributed by atoms with Crippen molar-refractivity contribution in [3.05, 3.63) is 38.4 Å². The smallest absolute Gasteiger partial charge is 0.313 e. The van der Waals surface area contributed by atoms with Gasteiger partial charge in [-0.2, -0.15) is 0 Å². The molecule has 3 aliphatic heterocycles. The molecule has 0 bridgehead atoms. The molecule has 2 fully saturated rings. The normalized spacial score (nSPS) is 27.2. The average molecular weight is 350 g/mol. The topological polar surface area (TPSA) is 58.8 Å². The highest BCUT2D eigenvalue weighted by atomic mass is 35.5. The molecule has 1 aromatic carbocycles. The van der Waals surface area contributed by atoms with E-state index in [0.717, 1.165) is 45.4 Å². The van der Waals surface area contributed by atoms with Crippen LogP contribution >= 0.6 is 11.6 Å². The Balaban J connectivity index is 1.87. The fraction of sp³-hybridized carbons (Fsp3) is 0.529. The molecule has 0 amide bonds. The molecule has 1 atom stereocenters. The summed E-state index contributed by atoms with van der Waals surface area (Å²) in [5.41, 5.74) is 1.27. The number of ether oxygens (including phenoxy) is 1. The molecule has 0 aromatic heterocycles. The largest absolute Gasteiger partial charge is 0.461 e. The molecule has 128 valence electrons. The first-order chi connectivity index (χ1) is 11.5. The summed E-state index contributed by atoms with van der Waals surface area (Å²) in [7, 11) is 2.09. The lowest BCUT2D eigenvalue weighted by Crippen LogP contribution is -2.60. The van der Waals surface area contributed by atoms with Crippen molar-refractivity contribution in [3.63, 3.8) is 0 Å². The highest BCUT2D eigenvalue weighted by Gasteiger charge is 2.49. The van der Waals surface area contributed by atoms with Crippen LogP contribution in [0.3, 0.4) is 0 Å². The molecule has 24 heavy (non-hydrogen) atoms. The van der Waals surface area contributed by atoms with E-state index in [0.29, 0.717) is 16.3 Å². The van der Waals surface area contributed by atoms with E-state index in [2.05, 4.69) is 16.8 Å². The van der Waals surface area contributed by atoms with Gasteiger partial charge in [-0.1, -0.05) is 11.6 Å². The van der Waals surface area contributed by atoms with Gasteiger partial charge in [0.1, 0.15) is 0 Å². The van der Waals surface area contributed by atoms with Crippen molar-refractivity contribution in [2.24, 2.45) is 0 Å². The predicted molar refractivity (Wildman–Crippen MR) is 92.4 cm³/mol. The summed E-state index contributed by atoms with van der Waals surface area (Å²) < 4.78 is 6.43. The van der Waals surface area contributed by atoms with E-state index in [1.165, 1.54) is 11.6 Å². The van der Waals surface area contributed by atoms with Crippen molar-refractivity contribution in [2.75, 3.05) is 33.2 Å². The van der Waals surface area contributed by atoms with Crippen molar-refractivity contribution >= 4 is 23.4 Å². The average Bonchev–Trinajstić information content (AvgIpc) is 3.07. The molecule has 7 heteroatoms. The summed E-state index contributed by atoms with van der Waals surface area (Å²) in [6, 6.07) is 3.13. The van der Waals surface area contributed by atoms with Gasteiger partial charge in [0, 0.05) is 54.8 Å². The van der Waals surface area contributed by atoms with E-state index in [9.17, 15) is 10.1 Å². The Hall–Kier alpha value is -1.63. The van der Waals surface area contributed by atoms with E-state index in [1.807, 2.05) is 6.08 Å². The molecule has 1 aromatic rings. The van der Waals surface area contributed by atoms with Crippen LogP contribution in [0.5, 0.6) is 5.75 Å². The summed E-state index contributed by atoms with van der Waals surface area (Å²) in [6.07, 6.45) is 5.15. The lowest BCUT2D eigenvalue weighted by molar-refractivity contribution is -0.386. The summed E-state index contributed by atoms with van der Waals surface area (Å²) in [4.78, 5) is 15.7. The summed E-state index contributed by atoms with van der Waals surface area (Å²) in [5, 5.41) is 11.8. The molecular formula is C17H20ClN3O3. The first-order valence-electron chi connectivity index (χ1n) is 8.31. The second-order valence-electron chi connectivity index (χ2n) is 6.84. The number of likely N-dealkylation sites (tertiary alicyclic amines) is 2. The van der Waals surface area contributed by atoms with Crippen LogP contribution < -0.4 is 4.74 Å². The minimum Gasteiger partial charge on any atom is -0.461 e. The highest BCUT2D eigenvalue weighted by molar-refractivity contribution is 6.31. The van der Waals surface area contributed by atoms with Gasteiger partial charge in [-0.25, -0.2) is 0 Å². The second kappa shape index (κ2) is 5.72. The van der Waals surface area contributed by atoms with Crippen LogP contribution in [0.2, 0.25) is 5.02 Å². The fourth-order valence-electron chi connectivity index (χ4n) is 4.09. The molecule has 4 rings (SSSR count). The van der Waals surface area contributed by atoms with Gasteiger partial charge in [0.15, 0.2) is 5.72 Å². The monoisotopic (exact) mass is 349 g/mol. The van der Waals surface area contributed by atoms with Gasteiger partial charge >= 0.3 is 5.69 Å². The van der Waals surface area contributed by atoms with Gasteiger partial charge in [-0.15, -0.1) is 0 Å². The Morgan fingerprint density at radius 1 is 1.29 bits per heavy atom. The molecule has 0 aliphatic carbocycles. The molecule has 6 nitrogen and oxygen atoms in total. The van der Waals surface area contributed by atoms with Gasteiger partial charge in [0.2, 0.25) is 5.75 Å². The van der Waals surface area contributed by atoms with Crippen LogP contribution in [0.15, 0.2) is 17.7 Å². The third kappa shape index (κ3) is 2.41. The van der Waals surface area contributed by atoms with Crippen LogP contribution in [0.25, 0.3) is 6.08 Å². The number of halogens is 1.